The van der Waals surface area contributed by atoms with Gasteiger partial charge in [0.05, 0.1) is 0 Å². The van der Waals surface area contributed by atoms with Crippen LogP contribution in [0, 0.1) is 13.8 Å². The van der Waals surface area contributed by atoms with Gasteiger partial charge in [-0.3, -0.25) is 9.59 Å². The van der Waals surface area contributed by atoms with Crippen molar-refractivity contribution in [3.8, 4) is 5.75 Å². The lowest BCUT2D eigenvalue weighted by Crippen LogP contribution is -2.50. The normalized spacial score (nSPS) is 11.6. The second kappa shape index (κ2) is 12.4. The number of nitrogens with one attached hydrogen (secondary N) is 1. The summed E-state index contributed by atoms with van der Waals surface area (Å²) in [6, 6.07) is 12.6. The summed E-state index contributed by atoms with van der Waals surface area (Å²) in [7, 11) is 0. The molecule has 0 aromatic heterocycles. The third kappa shape index (κ3) is 7.59. The predicted octanol–water partition coefficient (Wildman–Crippen LogP) is 5.06. The Balaban J connectivity index is 2.18. The minimum atomic E-state index is -0.567. The Morgan fingerprint density at radius 1 is 1.10 bits per heavy atom. The van der Waals surface area contributed by atoms with Gasteiger partial charge in [-0.05, 0) is 56.0 Å². The zero-order chi connectivity index (χ0) is 22.8. The minimum Gasteiger partial charge on any atom is -0.483 e. The van der Waals surface area contributed by atoms with Crippen molar-refractivity contribution >= 4 is 23.4 Å². The van der Waals surface area contributed by atoms with Crippen LogP contribution in [-0.2, 0) is 16.1 Å². The summed E-state index contributed by atoms with van der Waals surface area (Å²) >= 11 is 6.00. The van der Waals surface area contributed by atoms with Crippen LogP contribution in [0.2, 0.25) is 5.02 Å². The molecule has 0 aliphatic carbocycles. The van der Waals surface area contributed by atoms with E-state index in [4.69, 9.17) is 16.3 Å². The first-order valence-corrected chi connectivity index (χ1v) is 11.2. The molecule has 5 nitrogen and oxygen atoms in total. The van der Waals surface area contributed by atoms with Gasteiger partial charge in [0.2, 0.25) is 5.91 Å². The predicted molar refractivity (Wildman–Crippen MR) is 125 cm³/mol. The highest BCUT2D eigenvalue weighted by Gasteiger charge is 2.28. The first-order chi connectivity index (χ1) is 14.8. The van der Waals surface area contributed by atoms with E-state index in [1.807, 2.05) is 51.1 Å². The maximum absolute atomic E-state index is 13.2. The van der Waals surface area contributed by atoms with Gasteiger partial charge in [-0.1, -0.05) is 61.7 Å². The lowest BCUT2D eigenvalue weighted by Gasteiger charge is -2.30. The van der Waals surface area contributed by atoms with Gasteiger partial charge in [-0.2, -0.15) is 0 Å². The van der Waals surface area contributed by atoms with Crippen molar-refractivity contribution in [2.24, 2.45) is 0 Å². The first kappa shape index (κ1) is 24.7. The van der Waals surface area contributed by atoms with Crippen LogP contribution in [0.25, 0.3) is 0 Å². The molecule has 0 spiro atoms. The zero-order valence-electron chi connectivity index (χ0n) is 18.9. The number of unbranched alkanes of at least 4 members (excludes halogenated alkanes) is 1. The van der Waals surface area contributed by atoms with E-state index in [2.05, 4.69) is 12.2 Å². The van der Waals surface area contributed by atoms with E-state index >= 15 is 0 Å². The minimum absolute atomic E-state index is 0.129. The third-order valence-corrected chi connectivity index (χ3v) is 5.42. The highest BCUT2D eigenvalue weighted by atomic mass is 35.5. The Bertz CT molecular complexity index is 868. The summed E-state index contributed by atoms with van der Waals surface area (Å²) in [5, 5.41) is 3.59. The number of carbonyl (C=O) groups excluding carboxylic acids is 2. The van der Waals surface area contributed by atoms with E-state index in [9.17, 15) is 9.59 Å². The zero-order valence-corrected chi connectivity index (χ0v) is 19.7. The van der Waals surface area contributed by atoms with Crippen molar-refractivity contribution in [2.45, 2.75) is 59.5 Å². The lowest BCUT2D eigenvalue weighted by atomic mass is 10.1. The van der Waals surface area contributed by atoms with Gasteiger partial charge in [-0.15, -0.1) is 0 Å². The van der Waals surface area contributed by atoms with Crippen molar-refractivity contribution in [1.29, 1.82) is 0 Å². The summed E-state index contributed by atoms with van der Waals surface area (Å²) < 4.78 is 5.82. The number of benzene rings is 2. The van der Waals surface area contributed by atoms with Crippen LogP contribution in [0.3, 0.4) is 0 Å². The van der Waals surface area contributed by atoms with Gasteiger partial charge in [0, 0.05) is 18.1 Å². The lowest BCUT2D eigenvalue weighted by molar-refractivity contribution is -0.143. The van der Waals surface area contributed by atoms with E-state index in [1.54, 1.807) is 17.0 Å². The molecule has 168 valence electrons. The molecule has 1 N–H and O–H groups in total. The monoisotopic (exact) mass is 444 g/mol. The average Bonchev–Trinajstić information content (AvgIpc) is 2.74. The number of amides is 2. The Hall–Kier alpha value is -2.53. The molecule has 2 rings (SSSR count). The van der Waals surface area contributed by atoms with Crippen molar-refractivity contribution < 1.29 is 14.3 Å². The quantitative estimate of drug-likeness (QED) is 0.493. The van der Waals surface area contributed by atoms with Gasteiger partial charge in [0.15, 0.2) is 6.61 Å². The fraction of sp³-hybridized carbons (Fsp3) is 0.440. The number of halogens is 1. The number of aryl methyl sites for hydroxylation is 2. The summed E-state index contributed by atoms with van der Waals surface area (Å²) in [5.41, 5.74) is 3.01. The molecule has 0 heterocycles. The summed E-state index contributed by atoms with van der Waals surface area (Å²) in [6.45, 7) is 8.74. The van der Waals surface area contributed by atoms with Crippen LogP contribution in [0.5, 0.6) is 5.75 Å². The topological polar surface area (TPSA) is 58.6 Å². The van der Waals surface area contributed by atoms with Gasteiger partial charge >= 0.3 is 0 Å². The number of rotatable bonds is 11. The molecule has 0 aliphatic rings. The number of hydrogen-bond acceptors (Lipinski definition) is 3. The maximum atomic E-state index is 13.2. The fourth-order valence-corrected chi connectivity index (χ4v) is 3.52. The first-order valence-electron chi connectivity index (χ1n) is 10.9. The van der Waals surface area contributed by atoms with Crippen molar-refractivity contribution in [3.63, 3.8) is 0 Å². The molecule has 0 aliphatic heterocycles. The molecule has 0 unspecified atom stereocenters. The van der Waals surface area contributed by atoms with Gasteiger partial charge < -0.3 is 15.0 Å². The summed E-state index contributed by atoms with van der Waals surface area (Å²) in [6.07, 6.45) is 2.41. The van der Waals surface area contributed by atoms with Crippen molar-refractivity contribution in [3.05, 3.63) is 64.2 Å². The Morgan fingerprint density at radius 2 is 1.81 bits per heavy atom. The van der Waals surface area contributed by atoms with Crippen LogP contribution in [0.1, 0.15) is 49.8 Å². The number of hydrogen-bond donors (Lipinski definition) is 1. The molecule has 2 aromatic carbocycles. The fourth-order valence-electron chi connectivity index (χ4n) is 3.40. The summed E-state index contributed by atoms with van der Waals surface area (Å²) in [5.74, 6) is 0.308. The van der Waals surface area contributed by atoms with Gasteiger partial charge in [0.25, 0.3) is 5.91 Å². The molecular formula is C25H33ClN2O3. The maximum Gasteiger partial charge on any atom is 0.261 e. The SMILES string of the molecule is CCCCNC(=O)[C@H](CC)N(Cc1ccc(Cl)cc1)C(=O)COc1ccc(C)cc1C. The Labute approximate surface area is 190 Å². The van der Waals surface area contributed by atoms with Crippen LogP contribution in [-0.4, -0.2) is 35.9 Å². The number of nitrogens with zero attached hydrogens (tertiary/aromatic N) is 1. The molecule has 6 heteroatoms. The molecule has 0 radical (unpaired) electrons. The van der Waals surface area contributed by atoms with Crippen LogP contribution >= 0.6 is 11.6 Å². The van der Waals surface area contributed by atoms with Crippen LogP contribution in [0.15, 0.2) is 42.5 Å². The van der Waals surface area contributed by atoms with E-state index in [-0.39, 0.29) is 18.4 Å². The Morgan fingerprint density at radius 3 is 2.42 bits per heavy atom. The van der Waals surface area contributed by atoms with E-state index in [1.165, 1.54) is 0 Å². The molecule has 2 amide bonds. The summed E-state index contributed by atoms with van der Waals surface area (Å²) in [4.78, 5) is 27.6. The van der Waals surface area contributed by atoms with Crippen LogP contribution in [0.4, 0.5) is 0 Å². The van der Waals surface area contributed by atoms with Crippen molar-refractivity contribution in [1.82, 2.24) is 10.2 Å². The highest BCUT2D eigenvalue weighted by Crippen LogP contribution is 2.20. The average molecular weight is 445 g/mol. The smallest absolute Gasteiger partial charge is 0.261 e. The van der Waals surface area contributed by atoms with E-state index in [0.717, 1.165) is 29.5 Å². The molecule has 0 saturated heterocycles. The molecule has 0 saturated carbocycles. The van der Waals surface area contributed by atoms with Crippen molar-refractivity contribution in [2.75, 3.05) is 13.2 Å². The largest absolute Gasteiger partial charge is 0.483 e. The molecule has 2 aromatic rings. The molecule has 31 heavy (non-hydrogen) atoms. The molecule has 1 atom stereocenters. The Kier molecular flexibility index (Phi) is 9.86. The highest BCUT2D eigenvalue weighted by molar-refractivity contribution is 6.30. The molecule has 0 fully saturated rings. The van der Waals surface area contributed by atoms with E-state index in [0.29, 0.717) is 30.3 Å². The molecule has 0 bridgehead atoms. The van der Waals surface area contributed by atoms with Crippen LogP contribution < -0.4 is 10.1 Å². The van der Waals surface area contributed by atoms with Gasteiger partial charge in [0.1, 0.15) is 11.8 Å². The molecular weight excluding hydrogens is 412 g/mol. The van der Waals surface area contributed by atoms with E-state index < -0.39 is 6.04 Å². The second-order valence-electron chi connectivity index (χ2n) is 7.77. The number of ether oxygens (including phenoxy) is 1. The number of carbonyl (C=O) groups is 2. The van der Waals surface area contributed by atoms with Gasteiger partial charge in [-0.25, -0.2) is 0 Å². The second-order valence-corrected chi connectivity index (χ2v) is 8.21. The third-order valence-electron chi connectivity index (χ3n) is 5.16. The standard InChI is InChI=1S/C25H33ClN2O3/c1-5-7-14-27-25(30)22(6-2)28(16-20-9-11-21(26)12-10-20)24(29)17-31-23-13-8-18(3)15-19(23)4/h8-13,15,22H,5-7,14,16-17H2,1-4H3,(H,27,30)/t22-/m0/s1.